The van der Waals surface area contributed by atoms with E-state index in [-0.39, 0.29) is 12.0 Å². The summed E-state index contributed by atoms with van der Waals surface area (Å²) < 4.78 is 43.8. The molecular weight excluding hydrogens is 317 g/mol. The number of carbonyl (C=O) groups excluding carboxylic acids is 1. The maximum absolute atomic E-state index is 13.0. The van der Waals surface area contributed by atoms with Crippen molar-refractivity contribution in [2.45, 2.75) is 77.0 Å². The highest BCUT2D eigenvalue weighted by Crippen LogP contribution is 2.28. The van der Waals surface area contributed by atoms with Crippen LogP contribution in [-0.2, 0) is 4.74 Å². The van der Waals surface area contributed by atoms with E-state index in [1.54, 1.807) is 18.2 Å². The zero-order valence-electron chi connectivity index (χ0n) is 14.3. The van der Waals surface area contributed by atoms with Gasteiger partial charge in [0.25, 0.3) is 0 Å². The minimum atomic E-state index is -4.52. The van der Waals surface area contributed by atoms with Crippen LogP contribution in [0.25, 0.3) is 0 Å². The Bertz CT molecular complexity index is 457. The molecular formula is C19H27F3O2. The van der Waals surface area contributed by atoms with E-state index < -0.39 is 18.2 Å². The summed E-state index contributed by atoms with van der Waals surface area (Å²) in [5, 5.41) is 0. The van der Waals surface area contributed by atoms with Gasteiger partial charge in [0, 0.05) is 0 Å². The molecule has 5 heteroatoms. The summed E-state index contributed by atoms with van der Waals surface area (Å²) >= 11 is 0. The highest BCUT2D eigenvalue weighted by Gasteiger charge is 2.42. The molecule has 0 bridgehead atoms. The normalized spacial score (nSPS) is 12.8. The first-order valence-corrected chi connectivity index (χ1v) is 8.78. The first-order chi connectivity index (χ1) is 11.4. The van der Waals surface area contributed by atoms with Crippen LogP contribution in [-0.4, -0.2) is 18.2 Å². The minimum absolute atomic E-state index is 0.141. The first-order valence-electron chi connectivity index (χ1n) is 8.78. The Kier molecular flexibility index (Phi) is 9.50. The summed E-state index contributed by atoms with van der Waals surface area (Å²) in [5.74, 6) is -0.919. The van der Waals surface area contributed by atoms with Gasteiger partial charge in [0.2, 0.25) is 0 Å². The molecule has 1 aromatic rings. The van der Waals surface area contributed by atoms with Crippen LogP contribution in [0.4, 0.5) is 13.2 Å². The molecule has 0 aliphatic rings. The summed E-state index contributed by atoms with van der Waals surface area (Å²) in [4.78, 5) is 11.8. The molecule has 0 saturated carbocycles. The van der Waals surface area contributed by atoms with E-state index >= 15 is 0 Å². The van der Waals surface area contributed by atoms with Crippen molar-refractivity contribution in [3.63, 3.8) is 0 Å². The van der Waals surface area contributed by atoms with Crippen molar-refractivity contribution < 1.29 is 22.7 Å². The lowest BCUT2D eigenvalue weighted by Gasteiger charge is -2.20. The molecule has 0 unspecified atom stereocenters. The highest BCUT2D eigenvalue weighted by atomic mass is 19.4. The van der Waals surface area contributed by atoms with Crippen LogP contribution >= 0.6 is 0 Å². The number of carbonyl (C=O) groups is 1. The topological polar surface area (TPSA) is 26.3 Å². The third kappa shape index (κ3) is 8.37. The van der Waals surface area contributed by atoms with Crippen molar-refractivity contribution in [1.29, 1.82) is 0 Å². The fraction of sp³-hybridized carbons (Fsp3) is 0.632. The van der Waals surface area contributed by atoms with Gasteiger partial charge < -0.3 is 4.74 Å². The fourth-order valence-corrected chi connectivity index (χ4v) is 2.52. The second kappa shape index (κ2) is 11.1. The van der Waals surface area contributed by atoms with Crippen LogP contribution in [0.1, 0.15) is 75.1 Å². The number of hydrogen-bond donors (Lipinski definition) is 0. The number of alkyl halides is 3. The third-order valence-corrected chi connectivity index (χ3v) is 3.94. The average molecular weight is 344 g/mol. The van der Waals surface area contributed by atoms with E-state index in [1.165, 1.54) is 31.4 Å². The Balaban J connectivity index is 2.34. The Morgan fingerprint density at radius 3 is 2.04 bits per heavy atom. The van der Waals surface area contributed by atoms with E-state index in [2.05, 4.69) is 6.92 Å². The molecule has 0 spiro atoms. The summed E-state index contributed by atoms with van der Waals surface area (Å²) in [5.41, 5.74) is 0.141. The SMILES string of the molecule is CCCCCCCCCC[C@@H](OC(=O)c1ccccc1)C(F)(F)F. The van der Waals surface area contributed by atoms with Crippen molar-refractivity contribution in [2.24, 2.45) is 0 Å². The molecule has 1 atom stereocenters. The standard InChI is InChI=1S/C19H27F3O2/c1-2-3-4-5-6-7-8-12-15-17(19(20,21)22)24-18(23)16-13-10-9-11-14-16/h9-11,13-14,17H,2-8,12,15H2,1H3/t17-/m1/s1. The molecule has 136 valence electrons. The molecule has 0 saturated heterocycles. The number of rotatable bonds is 11. The van der Waals surface area contributed by atoms with Gasteiger partial charge in [-0.1, -0.05) is 70.1 Å². The van der Waals surface area contributed by atoms with Gasteiger partial charge in [-0.15, -0.1) is 0 Å². The van der Waals surface area contributed by atoms with Crippen LogP contribution in [0.2, 0.25) is 0 Å². The Hall–Kier alpha value is -1.52. The number of unbranched alkanes of at least 4 members (excludes halogenated alkanes) is 7. The quantitative estimate of drug-likeness (QED) is 0.347. The lowest BCUT2D eigenvalue weighted by molar-refractivity contribution is -0.206. The average Bonchev–Trinajstić information content (AvgIpc) is 2.55. The summed E-state index contributed by atoms with van der Waals surface area (Å²) in [7, 11) is 0. The van der Waals surface area contributed by atoms with Crippen LogP contribution in [0.5, 0.6) is 0 Å². The van der Waals surface area contributed by atoms with Crippen LogP contribution in [0, 0.1) is 0 Å². The second-order valence-electron chi connectivity index (χ2n) is 6.07. The van der Waals surface area contributed by atoms with E-state index in [9.17, 15) is 18.0 Å². The predicted octanol–water partition coefficient (Wildman–Crippen LogP) is 6.31. The molecule has 0 aliphatic heterocycles. The molecule has 1 aromatic carbocycles. The molecule has 0 fully saturated rings. The Labute approximate surface area is 142 Å². The first kappa shape index (κ1) is 20.5. The molecule has 0 aliphatic carbocycles. The lowest BCUT2D eigenvalue weighted by Crippen LogP contribution is -2.33. The number of halogens is 3. The lowest BCUT2D eigenvalue weighted by atomic mass is 10.1. The zero-order valence-corrected chi connectivity index (χ0v) is 14.3. The highest BCUT2D eigenvalue weighted by molar-refractivity contribution is 5.89. The Morgan fingerprint density at radius 2 is 1.50 bits per heavy atom. The van der Waals surface area contributed by atoms with Gasteiger partial charge in [0.15, 0.2) is 6.10 Å². The van der Waals surface area contributed by atoms with Gasteiger partial charge >= 0.3 is 12.1 Å². The maximum atomic E-state index is 13.0. The molecule has 2 nitrogen and oxygen atoms in total. The summed E-state index contributed by atoms with van der Waals surface area (Å²) in [6.45, 7) is 2.15. The minimum Gasteiger partial charge on any atom is -0.449 e. The molecule has 0 radical (unpaired) electrons. The van der Waals surface area contributed by atoms with Crippen molar-refractivity contribution in [3.05, 3.63) is 35.9 Å². The van der Waals surface area contributed by atoms with Gasteiger partial charge in [0.05, 0.1) is 5.56 Å². The largest absolute Gasteiger partial charge is 0.449 e. The molecule has 0 amide bonds. The molecule has 0 heterocycles. The smallest absolute Gasteiger partial charge is 0.425 e. The Morgan fingerprint density at radius 1 is 0.958 bits per heavy atom. The predicted molar refractivity (Wildman–Crippen MR) is 88.9 cm³/mol. The van der Waals surface area contributed by atoms with E-state index in [4.69, 9.17) is 4.74 Å². The molecule has 24 heavy (non-hydrogen) atoms. The van der Waals surface area contributed by atoms with Crippen molar-refractivity contribution >= 4 is 5.97 Å². The number of hydrogen-bond acceptors (Lipinski definition) is 2. The number of ether oxygens (including phenoxy) is 1. The van der Waals surface area contributed by atoms with E-state index in [0.29, 0.717) is 6.42 Å². The zero-order chi connectivity index (χ0) is 17.8. The monoisotopic (exact) mass is 344 g/mol. The van der Waals surface area contributed by atoms with Crippen molar-refractivity contribution in [1.82, 2.24) is 0 Å². The van der Waals surface area contributed by atoms with Crippen LogP contribution in [0.3, 0.4) is 0 Å². The number of esters is 1. The summed E-state index contributed by atoms with van der Waals surface area (Å²) in [6, 6.07) is 7.78. The van der Waals surface area contributed by atoms with Gasteiger partial charge in [-0.25, -0.2) is 4.79 Å². The van der Waals surface area contributed by atoms with E-state index in [1.807, 2.05) is 0 Å². The van der Waals surface area contributed by atoms with Crippen molar-refractivity contribution in [2.75, 3.05) is 0 Å². The van der Waals surface area contributed by atoms with Gasteiger partial charge in [-0.2, -0.15) is 13.2 Å². The molecule has 0 N–H and O–H groups in total. The molecule has 1 rings (SSSR count). The van der Waals surface area contributed by atoms with Gasteiger partial charge in [-0.05, 0) is 25.0 Å². The van der Waals surface area contributed by atoms with E-state index in [0.717, 1.165) is 25.7 Å². The fourth-order valence-electron chi connectivity index (χ4n) is 2.52. The maximum Gasteiger partial charge on any atom is 0.425 e. The number of benzene rings is 1. The molecule has 0 aromatic heterocycles. The van der Waals surface area contributed by atoms with Gasteiger partial charge in [-0.3, -0.25) is 0 Å². The van der Waals surface area contributed by atoms with Gasteiger partial charge in [0.1, 0.15) is 0 Å². The van der Waals surface area contributed by atoms with Crippen LogP contribution in [0.15, 0.2) is 30.3 Å². The van der Waals surface area contributed by atoms with Crippen LogP contribution < -0.4 is 0 Å². The second-order valence-corrected chi connectivity index (χ2v) is 6.07. The van der Waals surface area contributed by atoms with Crippen molar-refractivity contribution in [3.8, 4) is 0 Å². The summed E-state index contributed by atoms with van der Waals surface area (Å²) in [6.07, 6.45) is 1.15. The third-order valence-electron chi connectivity index (χ3n) is 3.94.